The minimum Gasteiger partial charge on any atom is -0.489 e. The summed E-state index contributed by atoms with van der Waals surface area (Å²) in [6, 6.07) is 9.59. The first kappa shape index (κ1) is 21.0. The fourth-order valence-corrected chi connectivity index (χ4v) is 4.71. The molecule has 0 N–H and O–H groups in total. The highest BCUT2D eigenvalue weighted by atomic mass is 127. The van der Waals surface area contributed by atoms with Gasteiger partial charge in [0.25, 0.3) is 0 Å². The minimum absolute atomic E-state index is 0.0563. The van der Waals surface area contributed by atoms with Gasteiger partial charge in [0.2, 0.25) is 0 Å². The van der Waals surface area contributed by atoms with E-state index in [2.05, 4.69) is 32.3 Å². The monoisotopic (exact) mass is 535 g/mol. The summed E-state index contributed by atoms with van der Waals surface area (Å²) >= 11 is 2.18. The average molecular weight is 535 g/mol. The SMILES string of the molecule is COC(=O)c1cnc2c(c1)c(-c1ccc(OC3CCOCC3)c(C#N)c1)cn2SI. The molecular weight excluding hydrogens is 517 g/mol. The second kappa shape index (κ2) is 9.24. The van der Waals surface area contributed by atoms with Gasteiger partial charge in [0.15, 0.2) is 5.65 Å². The van der Waals surface area contributed by atoms with Crippen LogP contribution in [0.1, 0.15) is 28.8 Å². The molecule has 2 aromatic heterocycles. The first-order valence-corrected chi connectivity index (χ1v) is 12.6. The summed E-state index contributed by atoms with van der Waals surface area (Å²) in [5.41, 5.74) is 3.31. The topological polar surface area (TPSA) is 86.4 Å². The van der Waals surface area contributed by atoms with Gasteiger partial charge in [-0.1, -0.05) is 6.07 Å². The minimum atomic E-state index is -0.442. The van der Waals surface area contributed by atoms with E-state index in [0.717, 1.165) is 35.0 Å². The Labute approximate surface area is 190 Å². The zero-order chi connectivity index (χ0) is 21.1. The number of ether oxygens (including phenoxy) is 3. The highest BCUT2D eigenvalue weighted by Gasteiger charge is 2.19. The second-order valence-corrected chi connectivity index (χ2v) is 8.49. The van der Waals surface area contributed by atoms with Gasteiger partial charge in [0.05, 0.1) is 31.5 Å². The van der Waals surface area contributed by atoms with Crippen LogP contribution in [0.3, 0.4) is 0 Å². The number of carbonyl (C=O) groups excluding carboxylic acids is 1. The number of rotatable bonds is 5. The van der Waals surface area contributed by atoms with Gasteiger partial charge in [-0.2, -0.15) is 5.26 Å². The molecule has 0 aliphatic carbocycles. The van der Waals surface area contributed by atoms with Crippen LogP contribution in [0, 0.1) is 11.3 Å². The van der Waals surface area contributed by atoms with Crippen molar-refractivity contribution >= 4 is 47.3 Å². The molecule has 4 rings (SSSR count). The van der Waals surface area contributed by atoms with Gasteiger partial charge in [-0.15, -0.1) is 0 Å². The van der Waals surface area contributed by atoms with E-state index in [0.29, 0.717) is 30.1 Å². The number of nitrogens with zero attached hydrogens (tertiary/aromatic N) is 3. The first-order chi connectivity index (χ1) is 14.6. The lowest BCUT2D eigenvalue weighted by Crippen LogP contribution is -2.26. The van der Waals surface area contributed by atoms with Crippen LogP contribution in [0.2, 0.25) is 0 Å². The van der Waals surface area contributed by atoms with E-state index in [1.165, 1.54) is 22.4 Å². The molecule has 1 aromatic carbocycles. The highest BCUT2D eigenvalue weighted by Crippen LogP contribution is 2.36. The van der Waals surface area contributed by atoms with Gasteiger partial charge in [-0.25, -0.2) is 9.78 Å². The van der Waals surface area contributed by atoms with Crippen LogP contribution >= 0.6 is 30.3 Å². The number of hydrogen-bond donors (Lipinski definition) is 0. The van der Waals surface area contributed by atoms with E-state index >= 15 is 0 Å². The Morgan fingerprint density at radius 3 is 2.87 bits per heavy atom. The zero-order valence-electron chi connectivity index (χ0n) is 16.1. The largest absolute Gasteiger partial charge is 0.489 e. The Morgan fingerprint density at radius 1 is 1.37 bits per heavy atom. The molecule has 0 unspecified atom stereocenters. The van der Waals surface area contributed by atoms with Crippen molar-refractivity contribution in [2.45, 2.75) is 18.9 Å². The van der Waals surface area contributed by atoms with Crippen LogP contribution in [0.25, 0.3) is 22.2 Å². The number of halogens is 1. The molecule has 9 heteroatoms. The quantitative estimate of drug-likeness (QED) is 0.344. The molecule has 1 aliphatic heterocycles. The van der Waals surface area contributed by atoms with Crippen LogP contribution in [0.15, 0.2) is 36.7 Å². The maximum Gasteiger partial charge on any atom is 0.339 e. The number of hydrogen-bond acceptors (Lipinski definition) is 7. The summed E-state index contributed by atoms with van der Waals surface area (Å²) in [6.45, 7) is 1.35. The van der Waals surface area contributed by atoms with E-state index in [1.807, 2.05) is 28.4 Å². The summed E-state index contributed by atoms with van der Waals surface area (Å²) in [5.74, 6) is 0.136. The molecule has 0 spiro atoms. The Bertz CT molecular complexity index is 1140. The Morgan fingerprint density at radius 2 is 2.17 bits per heavy atom. The Hall–Kier alpha value is -2.29. The Balaban J connectivity index is 1.75. The molecule has 7 nitrogen and oxygen atoms in total. The molecule has 30 heavy (non-hydrogen) atoms. The van der Waals surface area contributed by atoms with Gasteiger partial charge in [-0.3, -0.25) is 3.97 Å². The van der Waals surface area contributed by atoms with Crippen LogP contribution in [-0.2, 0) is 9.47 Å². The van der Waals surface area contributed by atoms with E-state index < -0.39 is 5.97 Å². The normalized spacial score (nSPS) is 14.4. The van der Waals surface area contributed by atoms with Crippen molar-refractivity contribution < 1.29 is 19.0 Å². The van der Waals surface area contributed by atoms with Crippen LogP contribution < -0.4 is 4.74 Å². The number of benzene rings is 1. The highest BCUT2D eigenvalue weighted by molar-refractivity contribution is 14.2. The zero-order valence-corrected chi connectivity index (χ0v) is 19.1. The van der Waals surface area contributed by atoms with Gasteiger partial charge < -0.3 is 14.2 Å². The fourth-order valence-electron chi connectivity index (χ4n) is 3.45. The molecule has 0 atom stereocenters. The van der Waals surface area contributed by atoms with Crippen LogP contribution in [0.4, 0.5) is 0 Å². The summed E-state index contributed by atoms with van der Waals surface area (Å²) in [7, 11) is 2.82. The maximum atomic E-state index is 12.0. The van der Waals surface area contributed by atoms with Gasteiger partial charge in [0.1, 0.15) is 17.9 Å². The van der Waals surface area contributed by atoms with Crippen molar-refractivity contribution in [3.8, 4) is 22.9 Å². The molecule has 0 radical (unpaired) electrons. The molecule has 0 amide bonds. The van der Waals surface area contributed by atoms with Crippen molar-refractivity contribution in [1.29, 1.82) is 5.26 Å². The third kappa shape index (κ3) is 4.12. The molecule has 3 heterocycles. The van der Waals surface area contributed by atoms with E-state index in [1.54, 1.807) is 6.07 Å². The van der Waals surface area contributed by atoms with Crippen LogP contribution in [0.5, 0.6) is 5.75 Å². The first-order valence-electron chi connectivity index (χ1n) is 9.32. The number of esters is 1. The lowest BCUT2D eigenvalue weighted by Gasteiger charge is -2.23. The standard InChI is InChI=1S/C21H18IN3O4S/c1-27-21(26)15-9-17-18(12-25(30-22)20(17)24-11-15)13-2-3-19(14(8-13)10-23)29-16-4-6-28-7-5-16/h2-3,8-9,11-12,16H,4-7H2,1H3. The van der Waals surface area contributed by atoms with E-state index in [9.17, 15) is 10.1 Å². The molecular formula is C21H18IN3O4S. The smallest absolute Gasteiger partial charge is 0.339 e. The van der Waals surface area contributed by atoms with Crippen molar-refractivity contribution in [1.82, 2.24) is 8.96 Å². The average Bonchev–Trinajstić information content (AvgIpc) is 3.17. The Kier molecular flexibility index (Phi) is 6.46. The molecule has 3 aromatic rings. The predicted octanol–water partition coefficient (Wildman–Crippen LogP) is 4.77. The number of methoxy groups -OCH3 is 1. The van der Waals surface area contributed by atoms with E-state index in [-0.39, 0.29) is 6.10 Å². The van der Waals surface area contributed by atoms with Gasteiger partial charge >= 0.3 is 5.97 Å². The summed E-state index contributed by atoms with van der Waals surface area (Å²) in [6.07, 6.45) is 5.14. The third-order valence-electron chi connectivity index (χ3n) is 4.98. The predicted molar refractivity (Wildman–Crippen MR) is 123 cm³/mol. The van der Waals surface area contributed by atoms with Gasteiger partial charge in [-0.05, 0) is 23.8 Å². The second-order valence-electron chi connectivity index (χ2n) is 6.78. The fraction of sp³-hybridized carbons (Fsp3) is 0.286. The molecule has 154 valence electrons. The molecule has 0 bridgehead atoms. The third-order valence-corrected chi connectivity index (χ3v) is 6.68. The maximum absolute atomic E-state index is 12.0. The summed E-state index contributed by atoms with van der Waals surface area (Å²) in [4.78, 5) is 16.4. The molecule has 1 saturated heterocycles. The van der Waals surface area contributed by atoms with Crippen molar-refractivity contribution in [2.24, 2.45) is 0 Å². The number of pyridine rings is 1. The number of carbonyl (C=O) groups is 1. The molecule has 1 aliphatic rings. The van der Waals surface area contributed by atoms with Gasteiger partial charge in [0, 0.05) is 66.5 Å². The van der Waals surface area contributed by atoms with Crippen molar-refractivity contribution in [3.05, 3.63) is 47.8 Å². The molecule has 0 saturated carbocycles. The lowest BCUT2D eigenvalue weighted by atomic mass is 10.0. The summed E-state index contributed by atoms with van der Waals surface area (Å²) in [5, 5.41) is 10.5. The van der Waals surface area contributed by atoms with Crippen molar-refractivity contribution in [3.63, 3.8) is 0 Å². The molecule has 1 fully saturated rings. The number of nitriles is 1. The van der Waals surface area contributed by atoms with E-state index in [4.69, 9.17) is 14.2 Å². The summed E-state index contributed by atoms with van der Waals surface area (Å²) < 4.78 is 18.2. The van der Waals surface area contributed by atoms with Crippen LogP contribution in [-0.4, -0.2) is 41.4 Å². The number of fused-ring (bicyclic) bond motifs is 1. The lowest BCUT2D eigenvalue weighted by molar-refractivity contribution is 0.0254. The number of aromatic nitrogens is 2. The van der Waals surface area contributed by atoms with Crippen molar-refractivity contribution in [2.75, 3.05) is 20.3 Å².